The number of nitrogens with one attached hydrogen (secondary N) is 1. The number of fused-ring (bicyclic) bond motifs is 1. The van der Waals surface area contributed by atoms with Crippen LogP contribution in [0.2, 0.25) is 0 Å². The van der Waals surface area contributed by atoms with Gasteiger partial charge in [-0.3, -0.25) is 4.79 Å². The number of carbonyl (C=O) groups is 1. The molecule has 4 rings (SSSR count). The first-order valence-corrected chi connectivity index (χ1v) is 11.3. The maximum Gasteiger partial charge on any atom is 0.235 e. The number of benzene rings is 3. The quantitative estimate of drug-likeness (QED) is 0.518. The third kappa shape index (κ3) is 4.30. The molecule has 1 N–H and O–H groups in total. The lowest BCUT2D eigenvalue weighted by atomic mass is 9.73. The zero-order valence-corrected chi connectivity index (χ0v) is 19.0. The van der Waals surface area contributed by atoms with Gasteiger partial charge in [-0.05, 0) is 56.0 Å². The molecule has 1 fully saturated rings. The molecule has 5 heteroatoms. The minimum Gasteiger partial charge on any atom is -0.497 e. The first-order valence-electron chi connectivity index (χ1n) is 11.3. The fraction of sp³-hybridized carbons (Fsp3) is 0.370. The van der Waals surface area contributed by atoms with Crippen molar-refractivity contribution in [1.29, 1.82) is 0 Å². The van der Waals surface area contributed by atoms with E-state index in [1.165, 1.54) is 0 Å². The molecule has 3 aromatic carbocycles. The largest absolute Gasteiger partial charge is 0.497 e. The molecule has 0 radical (unpaired) electrons. The number of amides is 1. The lowest BCUT2D eigenvalue weighted by Crippen LogP contribution is -2.44. The monoisotopic (exact) mass is 433 g/mol. The van der Waals surface area contributed by atoms with Crippen LogP contribution < -0.4 is 14.8 Å². The van der Waals surface area contributed by atoms with E-state index in [2.05, 4.69) is 19.2 Å². The summed E-state index contributed by atoms with van der Waals surface area (Å²) >= 11 is 0. The second kappa shape index (κ2) is 9.61. The van der Waals surface area contributed by atoms with Gasteiger partial charge in [0, 0.05) is 29.7 Å². The number of hydrogen-bond acceptors (Lipinski definition) is 4. The van der Waals surface area contributed by atoms with E-state index in [-0.39, 0.29) is 12.0 Å². The van der Waals surface area contributed by atoms with Gasteiger partial charge in [-0.25, -0.2) is 0 Å². The van der Waals surface area contributed by atoms with Gasteiger partial charge in [-0.2, -0.15) is 0 Å². The number of rotatable bonds is 7. The minimum absolute atomic E-state index is 0.00767. The van der Waals surface area contributed by atoms with E-state index in [0.29, 0.717) is 26.1 Å². The van der Waals surface area contributed by atoms with Crippen LogP contribution in [0.15, 0.2) is 60.7 Å². The summed E-state index contributed by atoms with van der Waals surface area (Å²) in [7, 11) is 1.64. The van der Waals surface area contributed by atoms with E-state index in [1.54, 1.807) is 7.11 Å². The van der Waals surface area contributed by atoms with Crippen molar-refractivity contribution in [2.24, 2.45) is 0 Å². The molecule has 0 unspecified atom stereocenters. The van der Waals surface area contributed by atoms with Gasteiger partial charge in [0.15, 0.2) is 0 Å². The van der Waals surface area contributed by atoms with Gasteiger partial charge in [0.05, 0.1) is 18.6 Å². The summed E-state index contributed by atoms with van der Waals surface area (Å²) in [5.74, 6) is 1.61. The van der Waals surface area contributed by atoms with Crippen molar-refractivity contribution >= 4 is 22.4 Å². The van der Waals surface area contributed by atoms with Crippen molar-refractivity contribution in [2.45, 2.75) is 44.6 Å². The maximum atomic E-state index is 13.8. The first-order chi connectivity index (χ1) is 15.6. The van der Waals surface area contributed by atoms with Crippen LogP contribution in [-0.4, -0.2) is 32.3 Å². The molecule has 3 aromatic rings. The highest BCUT2D eigenvalue weighted by Crippen LogP contribution is 2.39. The normalized spacial score (nSPS) is 16.3. The second-order valence-corrected chi connectivity index (χ2v) is 8.37. The van der Waals surface area contributed by atoms with Crippen molar-refractivity contribution < 1.29 is 19.0 Å². The summed E-state index contributed by atoms with van der Waals surface area (Å²) in [6, 6.07) is 19.7. The van der Waals surface area contributed by atoms with Gasteiger partial charge in [0.1, 0.15) is 11.5 Å². The SMILES string of the molecule is CC[C@@H](C)Oc1ccc(NC(=O)C2(c3ccc(OC)cc3)CCOCC2)c2ccccc12. The molecule has 1 atom stereocenters. The Hall–Kier alpha value is -3.05. The third-order valence-corrected chi connectivity index (χ3v) is 6.46. The van der Waals surface area contributed by atoms with Crippen LogP contribution in [0.25, 0.3) is 10.8 Å². The number of anilines is 1. The van der Waals surface area contributed by atoms with Crippen molar-refractivity contribution in [3.05, 3.63) is 66.2 Å². The van der Waals surface area contributed by atoms with Gasteiger partial charge < -0.3 is 19.5 Å². The Balaban J connectivity index is 1.68. The highest BCUT2D eigenvalue weighted by Gasteiger charge is 2.42. The Morgan fingerprint density at radius 1 is 1.03 bits per heavy atom. The van der Waals surface area contributed by atoms with Crippen molar-refractivity contribution in [1.82, 2.24) is 0 Å². The lowest BCUT2D eigenvalue weighted by Gasteiger charge is -2.36. The summed E-state index contributed by atoms with van der Waals surface area (Å²) in [6.45, 7) is 5.28. The van der Waals surface area contributed by atoms with E-state index < -0.39 is 5.41 Å². The fourth-order valence-electron chi connectivity index (χ4n) is 4.30. The Labute approximate surface area is 189 Å². The summed E-state index contributed by atoms with van der Waals surface area (Å²) in [4.78, 5) is 13.8. The Morgan fingerprint density at radius 3 is 2.38 bits per heavy atom. The molecule has 1 amide bonds. The topological polar surface area (TPSA) is 56.8 Å². The van der Waals surface area contributed by atoms with Crippen molar-refractivity contribution in [2.75, 3.05) is 25.6 Å². The second-order valence-electron chi connectivity index (χ2n) is 8.37. The minimum atomic E-state index is -0.641. The molecule has 1 saturated heterocycles. The van der Waals surface area contributed by atoms with E-state index in [9.17, 15) is 4.79 Å². The summed E-state index contributed by atoms with van der Waals surface area (Å²) in [5.41, 5.74) is 1.14. The average Bonchev–Trinajstić information content (AvgIpc) is 2.85. The van der Waals surface area contributed by atoms with Gasteiger partial charge in [-0.15, -0.1) is 0 Å². The summed E-state index contributed by atoms with van der Waals surface area (Å²) in [5, 5.41) is 5.20. The third-order valence-electron chi connectivity index (χ3n) is 6.46. The first kappa shape index (κ1) is 22.2. The zero-order valence-electron chi connectivity index (χ0n) is 19.0. The van der Waals surface area contributed by atoms with Crippen LogP contribution in [-0.2, 0) is 14.9 Å². The smallest absolute Gasteiger partial charge is 0.235 e. The Morgan fingerprint density at radius 2 is 1.72 bits per heavy atom. The van der Waals surface area contributed by atoms with E-state index in [1.807, 2.05) is 60.7 Å². The van der Waals surface area contributed by atoms with Crippen LogP contribution >= 0.6 is 0 Å². The molecular formula is C27H31NO4. The number of hydrogen-bond donors (Lipinski definition) is 1. The maximum absolute atomic E-state index is 13.8. The van der Waals surface area contributed by atoms with E-state index in [0.717, 1.165) is 39.9 Å². The molecule has 5 nitrogen and oxygen atoms in total. The summed E-state index contributed by atoms with van der Waals surface area (Å²) < 4.78 is 17.0. The molecule has 0 aromatic heterocycles. The van der Waals surface area contributed by atoms with E-state index >= 15 is 0 Å². The number of methoxy groups -OCH3 is 1. The van der Waals surface area contributed by atoms with Crippen LogP contribution in [0.1, 0.15) is 38.7 Å². The van der Waals surface area contributed by atoms with Crippen molar-refractivity contribution in [3.63, 3.8) is 0 Å². The van der Waals surface area contributed by atoms with Crippen LogP contribution in [0, 0.1) is 0 Å². The molecule has 1 aliphatic heterocycles. The number of carbonyl (C=O) groups excluding carboxylic acids is 1. The molecule has 32 heavy (non-hydrogen) atoms. The van der Waals surface area contributed by atoms with Crippen LogP contribution in [0.4, 0.5) is 5.69 Å². The number of ether oxygens (including phenoxy) is 3. The molecule has 0 saturated carbocycles. The Bertz CT molecular complexity index is 1070. The van der Waals surface area contributed by atoms with Crippen LogP contribution in [0.5, 0.6) is 11.5 Å². The zero-order chi connectivity index (χ0) is 22.6. The van der Waals surface area contributed by atoms with Gasteiger partial charge in [0.2, 0.25) is 5.91 Å². The molecule has 1 heterocycles. The van der Waals surface area contributed by atoms with Crippen molar-refractivity contribution in [3.8, 4) is 11.5 Å². The average molecular weight is 434 g/mol. The lowest BCUT2D eigenvalue weighted by molar-refractivity contribution is -0.125. The molecule has 0 spiro atoms. The van der Waals surface area contributed by atoms with Gasteiger partial charge >= 0.3 is 0 Å². The highest BCUT2D eigenvalue weighted by molar-refractivity contribution is 6.07. The summed E-state index contributed by atoms with van der Waals surface area (Å²) in [6.07, 6.45) is 2.33. The highest BCUT2D eigenvalue weighted by atomic mass is 16.5. The standard InChI is InChI=1S/C27H31NO4/c1-4-19(2)32-25-14-13-24(22-7-5-6-8-23(22)25)28-26(29)27(15-17-31-18-16-27)20-9-11-21(30-3)12-10-20/h5-14,19H,4,15-18H2,1-3H3,(H,28,29)/t19-/m1/s1. The van der Waals surface area contributed by atoms with Gasteiger partial charge in [-0.1, -0.05) is 43.3 Å². The van der Waals surface area contributed by atoms with Gasteiger partial charge in [0.25, 0.3) is 0 Å². The predicted octanol–water partition coefficient (Wildman–Crippen LogP) is 5.71. The molecule has 0 aliphatic carbocycles. The fourth-order valence-corrected chi connectivity index (χ4v) is 4.30. The molecule has 0 bridgehead atoms. The Kier molecular flexibility index (Phi) is 6.66. The van der Waals surface area contributed by atoms with E-state index in [4.69, 9.17) is 14.2 Å². The van der Waals surface area contributed by atoms with Crippen LogP contribution in [0.3, 0.4) is 0 Å². The molecular weight excluding hydrogens is 402 g/mol. The molecule has 168 valence electrons. The molecule has 1 aliphatic rings. The predicted molar refractivity (Wildman–Crippen MR) is 128 cm³/mol.